The second-order valence-electron chi connectivity index (χ2n) is 5.58. The minimum absolute atomic E-state index is 0.0371. The highest BCUT2D eigenvalue weighted by molar-refractivity contribution is 6.10. The summed E-state index contributed by atoms with van der Waals surface area (Å²) in [5.74, 6) is 0.0152. The normalized spacial score (nSPS) is 32.9. The molecule has 90 valence electrons. The number of piperidine rings is 1. The Hall–Kier alpha value is -0.900. The number of nitrogens with zero attached hydrogens (tertiary/aromatic N) is 1. The molecule has 1 saturated carbocycles. The van der Waals surface area contributed by atoms with Crippen LogP contribution in [-0.2, 0) is 9.59 Å². The highest BCUT2D eigenvalue weighted by Crippen LogP contribution is 2.63. The Morgan fingerprint density at radius 3 is 2.25 bits per heavy atom. The summed E-state index contributed by atoms with van der Waals surface area (Å²) < 4.78 is 0. The quantitative estimate of drug-likeness (QED) is 0.712. The standard InChI is InChI=1S/C12H20N2O2/c1-7(13-4)5-6-14-10(15)8-9(11(14)16)12(8,2)3/h7-9,13H,5-6H2,1-4H3. The summed E-state index contributed by atoms with van der Waals surface area (Å²) in [7, 11) is 1.89. The molecule has 2 amide bonds. The van der Waals surface area contributed by atoms with E-state index in [2.05, 4.69) is 12.2 Å². The van der Waals surface area contributed by atoms with Crippen molar-refractivity contribution in [3.63, 3.8) is 0 Å². The molecule has 2 rings (SSSR count). The van der Waals surface area contributed by atoms with Gasteiger partial charge in [0.2, 0.25) is 11.8 Å². The summed E-state index contributed by atoms with van der Waals surface area (Å²) in [6.45, 7) is 6.62. The van der Waals surface area contributed by atoms with E-state index in [1.807, 2.05) is 20.9 Å². The van der Waals surface area contributed by atoms with Crippen molar-refractivity contribution in [1.29, 1.82) is 0 Å². The lowest BCUT2D eigenvalue weighted by Gasteiger charge is -2.21. The van der Waals surface area contributed by atoms with Crippen molar-refractivity contribution in [3.05, 3.63) is 0 Å². The van der Waals surface area contributed by atoms with Crippen molar-refractivity contribution in [2.75, 3.05) is 13.6 Å². The van der Waals surface area contributed by atoms with Crippen molar-refractivity contribution in [2.45, 2.75) is 33.2 Å². The summed E-state index contributed by atoms with van der Waals surface area (Å²) in [6, 6.07) is 0.338. The molecule has 0 radical (unpaired) electrons. The van der Waals surface area contributed by atoms with Crippen LogP contribution in [0.2, 0.25) is 0 Å². The number of carbonyl (C=O) groups is 2. The van der Waals surface area contributed by atoms with Gasteiger partial charge in [0.05, 0.1) is 11.8 Å². The van der Waals surface area contributed by atoms with E-state index in [9.17, 15) is 9.59 Å². The third-order valence-corrected chi connectivity index (χ3v) is 4.17. The SMILES string of the molecule is CNC(C)CCN1C(=O)C2C(C1=O)C2(C)C. The van der Waals surface area contributed by atoms with Gasteiger partial charge < -0.3 is 5.32 Å². The number of fused-ring (bicyclic) bond motifs is 1. The lowest BCUT2D eigenvalue weighted by atomic mass is 10.1. The van der Waals surface area contributed by atoms with Crippen molar-refractivity contribution in [2.24, 2.45) is 17.3 Å². The fourth-order valence-electron chi connectivity index (χ4n) is 2.69. The van der Waals surface area contributed by atoms with E-state index < -0.39 is 0 Å². The van der Waals surface area contributed by atoms with Crippen LogP contribution < -0.4 is 5.32 Å². The molecule has 0 aromatic rings. The zero-order chi connectivity index (χ0) is 12.1. The van der Waals surface area contributed by atoms with Crippen LogP contribution in [-0.4, -0.2) is 36.3 Å². The summed E-state index contributed by atoms with van der Waals surface area (Å²) >= 11 is 0. The Kier molecular flexibility index (Phi) is 2.57. The maximum Gasteiger partial charge on any atom is 0.233 e. The van der Waals surface area contributed by atoms with Gasteiger partial charge in [-0.15, -0.1) is 0 Å². The van der Waals surface area contributed by atoms with E-state index in [-0.39, 0.29) is 29.1 Å². The zero-order valence-electron chi connectivity index (χ0n) is 10.4. The summed E-state index contributed by atoms with van der Waals surface area (Å²) in [6.07, 6.45) is 0.827. The topological polar surface area (TPSA) is 49.4 Å². The minimum atomic E-state index is -0.0840. The average molecular weight is 224 g/mol. The first-order valence-electron chi connectivity index (χ1n) is 5.93. The van der Waals surface area contributed by atoms with Gasteiger partial charge >= 0.3 is 0 Å². The van der Waals surface area contributed by atoms with Crippen LogP contribution in [0.15, 0.2) is 0 Å². The van der Waals surface area contributed by atoms with E-state index in [1.165, 1.54) is 4.90 Å². The van der Waals surface area contributed by atoms with E-state index >= 15 is 0 Å². The van der Waals surface area contributed by atoms with Gasteiger partial charge in [0.25, 0.3) is 0 Å². The molecule has 3 atom stereocenters. The molecule has 0 aromatic carbocycles. The third kappa shape index (κ3) is 1.47. The molecule has 0 bridgehead atoms. The molecule has 1 N–H and O–H groups in total. The van der Waals surface area contributed by atoms with E-state index in [1.54, 1.807) is 0 Å². The lowest BCUT2D eigenvalue weighted by molar-refractivity contribution is -0.143. The highest BCUT2D eigenvalue weighted by atomic mass is 16.2. The lowest BCUT2D eigenvalue weighted by Crippen LogP contribution is -2.39. The predicted molar refractivity (Wildman–Crippen MR) is 60.6 cm³/mol. The molecule has 2 fully saturated rings. The van der Waals surface area contributed by atoms with Gasteiger partial charge in [-0.25, -0.2) is 0 Å². The second-order valence-corrected chi connectivity index (χ2v) is 5.58. The molecular formula is C12H20N2O2. The highest BCUT2D eigenvalue weighted by Gasteiger charge is 2.72. The van der Waals surface area contributed by atoms with Crippen LogP contribution in [0, 0.1) is 17.3 Å². The van der Waals surface area contributed by atoms with Gasteiger partial charge in [0, 0.05) is 12.6 Å². The molecule has 2 aliphatic rings. The van der Waals surface area contributed by atoms with Crippen molar-refractivity contribution < 1.29 is 9.59 Å². The summed E-state index contributed by atoms with van der Waals surface area (Å²) in [4.78, 5) is 25.4. The monoisotopic (exact) mass is 224 g/mol. The van der Waals surface area contributed by atoms with Gasteiger partial charge in [0.15, 0.2) is 0 Å². The van der Waals surface area contributed by atoms with Gasteiger partial charge in [0.1, 0.15) is 0 Å². The molecule has 0 aromatic heterocycles. The number of hydrogen-bond acceptors (Lipinski definition) is 3. The maximum atomic E-state index is 12.0. The third-order valence-electron chi connectivity index (χ3n) is 4.17. The fraction of sp³-hybridized carbons (Fsp3) is 0.833. The number of imide groups is 1. The Bertz CT molecular complexity index is 314. The first kappa shape index (κ1) is 11.6. The molecule has 1 aliphatic carbocycles. The molecule has 16 heavy (non-hydrogen) atoms. The molecule has 3 unspecified atom stereocenters. The molecular weight excluding hydrogens is 204 g/mol. The van der Waals surface area contributed by atoms with Crippen molar-refractivity contribution in [3.8, 4) is 0 Å². The largest absolute Gasteiger partial charge is 0.317 e. The van der Waals surface area contributed by atoms with Crippen LogP contribution in [0.1, 0.15) is 27.2 Å². The predicted octanol–water partition coefficient (Wildman–Crippen LogP) is 0.625. The number of carbonyl (C=O) groups excluding carboxylic acids is 2. The van der Waals surface area contributed by atoms with Gasteiger partial charge in [-0.3, -0.25) is 14.5 Å². The van der Waals surface area contributed by atoms with Crippen LogP contribution in [0.3, 0.4) is 0 Å². The van der Waals surface area contributed by atoms with Crippen molar-refractivity contribution in [1.82, 2.24) is 10.2 Å². The molecule has 4 heteroatoms. The minimum Gasteiger partial charge on any atom is -0.317 e. The molecule has 4 nitrogen and oxygen atoms in total. The Balaban J connectivity index is 1.95. The summed E-state index contributed by atoms with van der Waals surface area (Å²) in [5, 5.41) is 3.11. The van der Waals surface area contributed by atoms with Crippen LogP contribution >= 0.6 is 0 Å². The number of nitrogens with one attached hydrogen (secondary N) is 1. The summed E-state index contributed by atoms with van der Waals surface area (Å²) in [5.41, 5.74) is -0.0840. The molecule has 0 spiro atoms. The Morgan fingerprint density at radius 1 is 1.31 bits per heavy atom. The Labute approximate surface area is 96.4 Å². The molecule has 1 heterocycles. The second kappa shape index (κ2) is 3.55. The number of rotatable bonds is 4. The van der Waals surface area contributed by atoms with Gasteiger partial charge in [-0.05, 0) is 25.8 Å². The smallest absolute Gasteiger partial charge is 0.233 e. The van der Waals surface area contributed by atoms with Gasteiger partial charge in [-0.2, -0.15) is 0 Å². The van der Waals surface area contributed by atoms with Crippen LogP contribution in [0.25, 0.3) is 0 Å². The van der Waals surface area contributed by atoms with E-state index in [0.717, 1.165) is 6.42 Å². The molecule has 1 saturated heterocycles. The maximum absolute atomic E-state index is 12.0. The zero-order valence-corrected chi connectivity index (χ0v) is 10.4. The van der Waals surface area contributed by atoms with Gasteiger partial charge in [-0.1, -0.05) is 13.8 Å². The van der Waals surface area contributed by atoms with Crippen LogP contribution in [0.5, 0.6) is 0 Å². The average Bonchev–Trinajstić information content (AvgIpc) is 2.68. The fourth-order valence-corrected chi connectivity index (χ4v) is 2.69. The Morgan fingerprint density at radius 2 is 1.81 bits per heavy atom. The van der Waals surface area contributed by atoms with Crippen molar-refractivity contribution >= 4 is 11.8 Å². The number of likely N-dealkylation sites (tertiary alicyclic amines) is 1. The van der Waals surface area contributed by atoms with E-state index in [0.29, 0.717) is 12.6 Å². The first-order valence-corrected chi connectivity index (χ1v) is 5.93. The number of hydrogen-bond donors (Lipinski definition) is 1. The first-order chi connectivity index (χ1) is 7.41. The van der Waals surface area contributed by atoms with E-state index in [4.69, 9.17) is 0 Å². The molecule has 1 aliphatic heterocycles. The number of amides is 2. The van der Waals surface area contributed by atoms with Crippen LogP contribution in [0.4, 0.5) is 0 Å².